The van der Waals surface area contributed by atoms with Crippen molar-refractivity contribution in [3.63, 3.8) is 0 Å². The fourth-order valence-corrected chi connectivity index (χ4v) is 3.11. The molecule has 0 heterocycles. The maximum absolute atomic E-state index is 13.3. The highest BCUT2D eigenvalue weighted by molar-refractivity contribution is 9.10. The number of hydrogen-bond donors (Lipinski definition) is 0. The van der Waals surface area contributed by atoms with Crippen LogP contribution in [-0.2, 0) is 6.18 Å². The highest BCUT2D eigenvalue weighted by Gasteiger charge is 2.36. The number of anilines is 1. The van der Waals surface area contributed by atoms with Gasteiger partial charge in [-0.15, -0.1) is 5.11 Å². The van der Waals surface area contributed by atoms with Crippen molar-refractivity contribution in [1.82, 2.24) is 0 Å². The monoisotopic (exact) mass is 510 g/mol. The first-order valence-electron chi connectivity index (χ1n) is 8.73. The van der Waals surface area contributed by atoms with Crippen molar-refractivity contribution < 1.29 is 18.1 Å². The number of alkyl halides is 3. The summed E-state index contributed by atoms with van der Waals surface area (Å²) in [4.78, 5) is 11.8. The molecule has 12 heteroatoms. The normalized spacial score (nSPS) is 10.8. The fourth-order valence-electron chi connectivity index (χ4n) is 2.59. The quantitative estimate of drug-likeness (QED) is 0.214. The summed E-state index contributed by atoms with van der Waals surface area (Å²) in [5, 5.41) is 35.9. The lowest BCUT2D eigenvalue weighted by Crippen LogP contribution is -2.25. The van der Waals surface area contributed by atoms with Crippen LogP contribution in [0.3, 0.4) is 0 Å². The molecule has 0 bridgehead atoms. The molecule has 0 radical (unpaired) electrons. The molecule has 2 aromatic rings. The Bertz CT molecular complexity index is 1040. The van der Waals surface area contributed by atoms with Gasteiger partial charge in [0.2, 0.25) is 0 Å². The molecule has 32 heavy (non-hydrogen) atoms. The lowest BCUT2D eigenvalue weighted by Gasteiger charge is -2.22. The number of halogens is 4. The Morgan fingerprint density at radius 1 is 1.06 bits per heavy atom. The van der Waals surface area contributed by atoms with Gasteiger partial charge in [-0.3, -0.25) is 10.1 Å². The molecule has 8 nitrogen and oxygen atoms in total. The SMILES string of the molecule is C.N#CCCN(CCC#N)c1ccc(N=Nc2c(Br)cc([N+](=O)[O-])cc2C(F)(F)F)cc1. The summed E-state index contributed by atoms with van der Waals surface area (Å²) in [5.41, 5.74) is -1.61. The minimum Gasteiger partial charge on any atom is -0.369 e. The van der Waals surface area contributed by atoms with Crippen LogP contribution in [0.25, 0.3) is 0 Å². The van der Waals surface area contributed by atoms with E-state index in [4.69, 9.17) is 10.5 Å². The molecular formula is C20H18BrF3N6O2. The van der Waals surface area contributed by atoms with Gasteiger partial charge in [0.05, 0.1) is 45.6 Å². The van der Waals surface area contributed by atoms with Gasteiger partial charge in [0.25, 0.3) is 5.69 Å². The minimum absolute atomic E-state index is 0. The third kappa shape index (κ3) is 7.03. The van der Waals surface area contributed by atoms with E-state index in [0.717, 1.165) is 11.8 Å². The summed E-state index contributed by atoms with van der Waals surface area (Å²) in [6.45, 7) is 0.841. The predicted molar refractivity (Wildman–Crippen MR) is 116 cm³/mol. The maximum atomic E-state index is 13.3. The predicted octanol–water partition coefficient (Wildman–Crippen LogP) is 7.06. The van der Waals surface area contributed by atoms with E-state index in [1.54, 1.807) is 12.1 Å². The lowest BCUT2D eigenvalue weighted by atomic mass is 10.1. The molecule has 0 spiro atoms. The molecule has 0 atom stereocenters. The van der Waals surface area contributed by atoms with E-state index in [0.29, 0.717) is 19.2 Å². The number of azo groups is 1. The molecule has 2 rings (SSSR count). The van der Waals surface area contributed by atoms with Gasteiger partial charge in [0, 0.05) is 30.9 Å². The summed E-state index contributed by atoms with van der Waals surface area (Å²) in [5.74, 6) is 0. The Morgan fingerprint density at radius 2 is 1.62 bits per heavy atom. The van der Waals surface area contributed by atoms with Gasteiger partial charge in [-0.1, -0.05) is 7.43 Å². The summed E-state index contributed by atoms with van der Waals surface area (Å²) in [6.07, 6.45) is -4.34. The van der Waals surface area contributed by atoms with Gasteiger partial charge in [-0.05, 0) is 40.2 Å². The lowest BCUT2D eigenvalue weighted by molar-refractivity contribution is -0.385. The third-order valence-corrected chi connectivity index (χ3v) is 4.64. The Morgan fingerprint density at radius 3 is 2.09 bits per heavy atom. The van der Waals surface area contributed by atoms with Gasteiger partial charge in [0.15, 0.2) is 0 Å². The molecule has 0 amide bonds. The summed E-state index contributed by atoms with van der Waals surface area (Å²) < 4.78 is 39.8. The first kappa shape index (κ1) is 26.5. The molecule has 0 aromatic heterocycles. The number of nitriles is 2. The molecule has 0 aliphatic heterocycles. The minimum atomic E-state index is -4.87. The zero-order chi connectivity index (χ0) is 23.0. The molecular weight excluding hydrogens is 493 g/mol. The molecule has 0 saturated heterocycles. The second-order valence-electron chi connectivity index (χ2n) is 6.10. The first-order chi connectivity index (χ1) is 14.7. The highest BCUT2D eigenvalue weighted by atomic mass is 79.9. The number of hydrogen-bond acceptors (Lipinski definition) is 7. The Hall–Kier alpha value is -3.51. The Labute approximate surface area is 190 Å². The summed E-state index contributed by atoms with van der Waals surface area (Å²) >= 11 is 2.89. The van der Waals surface area contributed by atoms with Crippen LogP contribution in [0.5, 0.6) is 0 Å². The zero-order valence-electron chi connectivity index (χ0n) is 15.8. The summed E-state index contributed by atoms with van der Waals surface area (Å²) in [6, 6.07) is 11.7. The van der Waals surface area contributed by atoms with Crippen molar-refractivity contribution in [1.29, 1.82) is 10.5 Å². The van der Waals surface area contributed by atoms with E-state index in [2.05, 4.69) is 26.2 Å². The van der Waals surface area contributed by atoms with Gasteiger partial charge in [-0.25, -0.2) is 0 Å². The average Bonchev–Trinajstić information content (AvgIpc) is 2.72. The van der Waals surface area contributed by atoms with Crippen LogP contribution < -0.4 is 4.90 Å². The van der Waals surface area contributed by atoms with Crippen molar-refractivity contribution in [2.45, 2.75) is 26.4 Å². The molecule has 168 valence electrons. The number of nitro groups is 1. The molecule has 0 fully saturated rings. The van der Waals surface area contributed by atoms with Crippen LogP contribution in [0.1, 0.15) is 25.8 Å². The molecule has 2 aromatic carbocycles. The number of nitro benzene ring substituents is 1. The zero-order valence-corrected chi connectivity index (χ0v) is 17.4. The van der Waals surface area contributed by atoms with Crippen molar-refractivity contribution in [2.75, 3.05) is 18.0 Å². The summed E-state index contributed by atoms with van der Waals surface area (Å²) in [7, 11) is 0. The van der Waals surface area contributed by atoms with Crippen molar-refractivity contribution >= 4 is 38.7 Å². The number of non-ortho nitro benzene ring substituents is 1. The van der Waals surface area contributed by atoms with Crippen LogP contribution >= 0.6 is 15.9 Å². The number of nitrogens with zero attached hydrogens (tertiary/aromatic N) is 6. The van der Waals surface area contributed by atoms with E-state index >= 15 is 0 Å². The standard InChI is InChI=1S/C19H14BrF3N6O2.CH4/c20-17-12-15(29(30)31)11-16(19(21,22)23)18(17)27-26-13-3-5-14(6-4-13)28(9-1-7-24)10-2-8-25;/h3-6,11-12H,1-2,9-10H2;1H4. The molecule has 0 saturated carbocycles. The van der Waals surface area contributed by atoms with Crippen LogP contribution in [0.15, 0.2) is 51.1 Å². The Kier molecular flexibility index (Phi) is 9.75. The average molecular weight is 511 g/mol. The van der Waals surface area contributed by atoms with Crippen LogP contribution in [0.2, 0.25) is 0 Å². The number of benzene rings is 2. The van der Waals surface area contributed by atoms with Gasteiger partial charge >= 0.3 is 6.18 Å². The second-order valence-corrected chi connectivity index (χ2v) is 6.95. The van der Waals surface area contributed by atoms with E-state index in [-0.39, 0.29) is 30.4 Å². The van der Waals surface area contributed by atoms with Crippen molar-refractivity contribution in [3.8, 4) is 12.1 Å². The van der Waals surface area contributed by atoms with Gasteiger partial charge < -0.3 is 4.90 Å². The van der Waals surface area contributed by atoms with Crippen molar-refractivity contribution in [3.05, 3.63) is 56.5 Å². The van der Waals surface area contributed by atoms with E-state index in [1.165, 1.54) is 12.1 Å². The molecule has 0 unspecified atom stereocenters. The molecule has 0 aliphatic rings. The fraction of sp³-hybridized carbons (Fsp3) is 0.300. The van der Waals surface area contributed by atoms with E-state index < -0.39 is 28.0 Å². The molecule has 0 aliphatic carbocycles. The largest absolute Gasteiger partial charge is 0.418 e. The van der Waals surface area contributed by atoms with E-state index in [1.807, 2.05) is 17.0 Å². The Balaban J connectivity index is 0.00000512. The highest BCUT2D eigenvalue weighted by Crippen LogP contribution is 2.43. The van der Waals surface area contributed by atoms with Gasteiger partial charge in [0.1, 0.15) is 5.69 Å². The smallest absolute Gasteiger partial charge is 0.369 e. The topological polar surface area (TPSA) is 119 Å². The van der Waals surface area contributed by atoms with Crippen LogP contribution in [-0.4, -0.2) is 18.0 Å². The van der Waals surface area contributed by atoms with Crippen LogP contribution in [0.4, 0.5) is 35.9 Å². The maximum Gasteiger partial charge on any atom is 0.418 e. The number of rotatable bonds is 8. The van der Waals surface area contributed by atoms with Gasteiger partial charge in [-0.2, -0.15) is 28.8 Å². The van der Waals surface area contributed by atoms with Crippen LogP contribution in [0, 0.1) is 32.8 Å². The molecule has 0 N–H and O–H groups in total. The second kappa shape index (κ2) is 11.8. The van der Waals surface area contributed by atoms with E-state index in [9.17, 15) is 23.3 Å². The van der Waals surface area contributed by atoms with Crippen molar-refractivity contribution in [2.24, 2.45) is 10.2 Å². The third-order valence-electron chi connectivity index (χ3n) is 4.03. The first-order valence-corrected chi connectivity index (χ1v) is 9.52.